The highest BCUT2D eigenvalue weighted by atomic mass is 35.5. The minimum absolute atomic E-state index is 0.731. The highest BCUT2D eigenvalue weighted by Crippen LogP contribution is 2.16. The zero-order valence-electron chi connectivity index (χ0n) is 9.42. The van der Waals surface area contributed by atoms with Crippen molar-refractivity contribution in [2.75, 3.05) is 14.2 Å². The molecule has 0 bridgehead atoms. The van der Waals surface area contributed by atoms with E-state index >= 15 is 0 Å². The molecule has 0 N–H and O–H groups in total. The quantitative estimate of drug-likeness (QED) is 0.742. The van der Waals surface area contributed by atoms with Gasteiger partial charge < -0.3 is 8.85 Å². The van der Waals surface area contributed by atoms with E-state index in [-0.39, 0.29) is 0 Å². The smallest absolute Gasteiger partial charge is 0.372 e. The molecule has 0 saturated heterocycles. The van der Waals surface area contributed by atoms with Crippen LogP contribution in [0.3, 0.4) is 0 Å². The molecule has 4 heteroatoms. The number of halogens is 1. The van der Waals surface area contributed by atoms with Gasteiger partial charge in [0.25, 0.3) is 0 Å². The van der Waals surface area contributed by atoms with Crippen molar-refractivity contribution in [1.82, 2.24) is 0 Å². The second-order valence-electron chi connectivity index (χ2n) is 3.42. The number of hydrogen-bond donors (Lipinski definition) is 0. The van der Waals surface area contributed by atoms with Crippen molar-refractivity contribution in [1.29, 1.82) is 0 Å². The molecule has 0 aromatic heterocycles. The summed E-state index contributed by atoms with van der Waals surface area (Å²) >= 11 is 5.98. The highest BCUT2D eigenvalue weighted by molar-refractivity contribution is 6.81. The van der Waals surface area contributed by atoms with E-state index in [9.17, 15) is 0 Å². The summed E-state index contributed by atoms with van der Waals surface area (Å²) in [6.45, 7) is 2.13. The fraction of sp³-hybridized carbons (Fsp3) is 0.455. The Kier molecular flexibility index (Phi) is 4.79. The van der Waals surface area contributed by atoms with Gasteiger partial charge in [-0.2, -0.15) is 0 Å². The van der Waals surface area contributed by atoms with Crippen molar-refractivity contribution in [2.45, 2.75) is 19.4 Å². The first-order chi connectivity index (χ1) is 7.18. The third-order valence-corrected chi connectivity index (χ3v) is 6.41. The van der Waals surface area contributed by atoms with Crippen molar-refractivity contribution in [3.63, 3.8) is 0 Å². The molecule has 1 rings (SSSR count). The monoisotopic (exact) mass is 244 g/mol. The molecule has 84 valence electrons. The maximum Gasteiger partial charge on any atom is 0.372 e. The van der Waals surface area contributed by atoms with Gasteiger partial charge in [-0.1, -0.05) is 37.1 Å². The first kappa shape index (κ1) is 12.7. The Bertz CT molecular complexity index is 313. The van der Waals surface area contributed by atoms with Gasteiger partial charge in [0.15, 0.2) is 0 Å². The second kappa shape index (κ2) is 5.65. The topological polar surface area (TPSA) is 18.5 Å². The molecule has 0 spiro atoms. The molecule has 0 amide bonds. The predicted molar refractivity (Wildman–Crippen MR) is 66.0 cm³/mol. The zero-order chi connectivity index (χ0) is 11.3. The van der Waals surface area contributed by atoms with Gasteiger partial charge in [0.2, 0.25) is 0 Å². The summed E-state index contributed by atoms with van der Waals surface area (Å²) in [6, 6.07) is 8.71. The summed E-state index contributed by atoms with van der Waals surface area (Å²) in [5.41, 5.74) is 0. The van der Waals surface area contributed by atoms with Gasteiger partial charge in [0.05, 0.1) is 0 Å². The van der Waals surface area contributed by atoms with Crippen molar-refractivity contribution in [3.05, 3.63) is 29.3 Å². The summed E-state index contributed by atoms with van der Waals surface area (Å²) in [4.78, 5) is 0. The summed E-state index contributed by atoms with van der Waals surface area (Å²) in [7, 11) is 1.19. The summed E-state index contributed by atoms with van der Waals surface area (Å²) < 4.78 is 11.3. The van der Waals surface area contributed by atoms with Crippen LogP contribution in [0.1, 0.15) is 13.3 Å². The summed E-state index contributed by atoms with van der Waals surface area (Å²) in [5.74, 6) is 0. The number of rotatable bonds is 5. The molecule has 0 saturated carbocycles. The molecular weight excluding hydrogens is 228 g/mol. The SMILES string of the molecule is CCC[Si](OC)(OC)c1cccc(Cl)c1. The molecule has 1 aromatic rings. The van der Waals surface area contributed by atoms with E-state index in [0.29, 0.717) is 0 Å². The van der Waals surface area contributed by atoms with Crippen LogP contribution in [-0.2, 0) is 8.85 Å². The number of benzene rings is 1. The fourth-order valence-electron chi connectivity index (χ4n) is 1.72. The second-order valence-corrected chi connectivity index (χ2v) is 7.26. The maximum absolute atomic E-state index is 5.98. The molecule has 0 fully saturated rings. The van der Waals surface area contributed by atoms with Crippen LogP contribution in [0, 0.1) is 0 Å². The van der Waals surface area contributed by atoms with Gasteiger partial charge in [-0.15, -0.1) is 0 Å². The third-order valence-electron chi connectivity index (χ3n) is 2.50. The van der Waals surface area contributed by atoms with Gasteiger partial charge in [0, 0.05) is 19.2 Å². The fourth-order valence-corrected chi connectivity index (χ4v) is 4.72. The molecule has 0 radical (unpaired) electrons. The molecule has 1 aromatic carbocycles. The standard InChI is InChI=1S/C11H17ClO2Si/c1-4-8-15(13-2,14-3)11-7-5-6-10(12)9-11/h5-7,9H,4,8H2,1-3H3. The largest absolute Gasteiger partial charge is 0.394 e. The number of hydrogen-bond acceptors (Lipinski definition) is 2. The van der Waals surface area contributed by atoms with E-state index in [1.807, 2.05) is 24.3 Å². The van der Waals surface area contributed by atoms with Crippen LogP contribution in [0.2, 0.25) is 11.1 Å². The van der Waals surface area contributed by atoms with Gasteiger partial charge in [0.1, 0.15) is 0 Å². The lowest BCUT2D eigenvalue weighted by atomic mass is 10.4. The Morgan fingerprint density at radius 1 is 1.27 bits per heavy atom. The van der Waals surface area contributed by atoms with Crippen LogP contribution in [0.25, 0.3) is 0 Å². The van der Waals surface area contributed by atoms with E-state index in [0.717, 1.165) is 22.7 Å². The summed E-state index contributed by atoms with van der Waals surface area (Å²) in [6.07, 6.45) is 1.04. The maximum atomic E-state index is 5.98. The molecule has 0 heterocycles. The van der Waals surface area contributed by atoms with Crippen LogP contribution < -0.4 is 5.19 Å². The van der Waals surface area contributed by atoms with Gasteiger partial charge in [-0.3, -0.25) is 0 Å². The Morgan fingerprint density at radius 3 is 2.40 bits per heavy atom. The van der Waals surface area contributed by atoms with E-state index in [1.54, 1.807) is 14.2 Å². The molecule has 0 aliphatic rings. The van der Waals surface area contributed by atoms with Crippen LogP contribution in [0.5, 0.6) is 0 Å². The Labute approximate surface area is 97.4 Å². The van der Waals surface area contributed by atoms with Gasteiger partial charge >= 0.3 is 8.56 Å². The van der Waals surface area contributed by atoms with Crippen molar-refractivity contribution < 1.29 is 8.85 Å². The average molecular weight is 245 g/mol. The molecule has 0 aliphatic carbocycles. The van der Waals surface area contributed by atoms with Crippen molar-refractivity contribution >= 4 is 25.3 Å². The van der Waals surface area contributed by atoms with Crippen LogP contribution in [0.4, 0.5) is 0 Å². The molecule has 2 nitrogen and oxygen atoms in total. The Balaban J connectivity index is 3.07. The van der Waals surface area contributed by atoms with E-state index in [1.165, 1.54) is 0 Å². The third kappa shape index (κ3) is 2.81. The minimum Gasteiger partial charge on any atom is -0.394 e. The molecule has 15 heavy (non-hydrogen) atoms. The zero-order valence-corrected chi connectivity index (χ0v) is 11.2. The minimum atomic E-state index is -2.24. The lowest BCUT2D eigenvalue weighted by molar-refractivity contribution is 0.257. The van der Waals surface area contributed by atoms with Crippen molar-refractivity contribution in [3.8, 4) is 0 Å². The summed E-state index contributed by atoms with van der Waals surface area (Å²) in [5, 5.41) is 1.83. The lowest BCUT2D eigenvalue weighted by Crippen LogP contribution is -2.52. The van der Waals surface area contributed by atoms with E-state index in [4.69, 9.17) is 20.5 Å². The van der Waals surface area contributed by atoms with E-state index < -0.39 is 8.56 Å². The first-order valence-electron chi connectivity index (χ1n) is 5.05. The van der Waals surface area contributed by atoms with E-state index in [2.05, 4.69) is 6.92 Å². The van der Waals surface area contributed by atoms with Crippen LogP contribution >= 0.6 is 11.6 Å². The Morgan fingerprint density at radius 2 is 1.93 bits per heavy atom. The van der Waals surface area contributed by atoms with Crippen molar-refractivity contribution in [2.24, 2.45) is 0 Å². The molecular formula is C11H17ClO2Si. The average Bonchev–Trinajstić information content (AvgIpc) is 2.26. The van der Waals surface area contributed by atoms with Crippen LogP contribution in [0.15, 0.2) is 24.3 Å². The van der Waals surface area contributed by atoms with Gasteiger partial charge in [-0.25, -0.2) is 0 Å². The van der Waals surface area contributed by atoms with Crippen LogP contribution in [-0.4, -0.2) is 22.8 Å². The lowest BCUT2D eigenvalue weighted by Gasteiger charge is -2.27. The highest BCUT2D eigenvalue weighted by Gasteiger charge is 2.37. The molecule has 0 unspecified atom stereocenters. The normalized spacial score (nSPS) is 11.7. The first-order valence-corrected chi connectivity index (χ1v) is 7.45. The van der Waals surface area contributed by atoms with Gasteiger partial charge in [-0.05, 0) is 23.4 Å². The molecule has 0 atom stereocenters. The predicted octanol–water partition coefficient (Wildman–Crippen LogP) is 2.69. The Hall–Kier alpha value is -0.353. The molecule has 0 aliphatic heterocycles.